The van der Waals surface area contributed by atoms with Gasteiger partial charge in [0.25, 0.3) is 0 Å². The van der Waals surface area contributed by atoms with Crippen molar-refractivity contribution >= 4 is 5.91 Å². The minimum absolute atomic E-state index is 0.369. The van der Waals surface area contributed by atoms with E-state index in [9.17, 15) is 4.79 Å². The molecule has 0 aromatic heterocycles. The summed E-state index contributed by atoms with van der Waals surface area (Å²) >= 11 is 0. The van der Waals surface area contributed by atoms with Crippen molar-refractivity contribution in [2.24, 2.45) is 46.3 Å². The van der Waals surface area contributed by atoms with Crippen LogP contribution in [0.4, 0.5) is 0 Å². The average Bonchev–Trinajstić information content (AvgIpc) is 3.02. The molecule has 3 saturated carbocycles. The summed E-state index contributed by atoms with van der Waals surface area (Å²) in [6.07, 6.45) is 14.6. The minimum atomic E-state index is 0.369. The van der Waals surface area contributed by atoms with Crippen molar-refractivity contribution in [2.75, 3.05) is 7.05 Å². The van der Waals surface area contributed by atoms with E-state index in [4.69, 9.17) is 0 Å². The quantitative estimate of drug-likeness (QED) is 0.489. The molecule has 4 rings (SSSR count). The molecular formula is C27H47NO. The fourth-order valence-corrected chi connectivity index (χ4v) is 9.18. The maximum absolute atomic E-state index is 12.4. The monoisotopic (exact) mass is 401 g/mol. The number of hydrogen-bond acceptors (Lipinski definition) is 1. The Hall–Kier alpha value is -0.530. The normalized spacial score (nSPS) is 45.7. The molecule has 29 heavy (non-hydrogen) atoms. The van der Waals surface area contributed by atoms with E-state index >= 15 is 0 Å². The van der Waals surface area contributed by atoms with Gasteiger partial charge in [-0.1, -0.05) is 53.9 Å². The zero-order valence-electron chi connectivity index (χ0n) is 20.2. The number of carbonyl (C=O) groups is 1. The summed E-state index contributed by atoms with van der Waals surface area (Å²) in [7, 11) is 2.09. The molecule has 8 atom stereocenters. The second-order valence-electron chi connectivity index (χ2n) is 12.5. The van der Waals surface area contributed by atoms with Gasteiger partial charge in [0, 0.05) is 19.5 Å². The fourth-order valence-electron chi connectivity index (χ4n) is 9.18. The van der Waals surface area contributed by atoms with Crippen LogP contribution in [-0.2, 0) is 4.79 Å². The van der Waals surface area contributed by atoms with Crippen molar-refractivity contribution in [1.82, 2.24) is 4.90 Å². The van der Waals surface area contributed by atoms with Crippen LogP contribution in [0.15, 0.2) is 0 Å². The molecule has 3 aliphatic carbocycles. The van der Waals surface area contributed by atoms with Gasteiger partial charge < -0.3 is 4.90 Å². The first-order valence-corrected chi connectivity index (χ1v) is 12.9. The average molecular weight is 402 g/mol. The van der Waals surface area contributed by atoms with Crippen molar-refractivity contribution in [2.45, 2.75) is 111 Å². The highest BCUT2D eigenvalue weighted by molar-refractivity contribution is 5.77. The lowest BCUT2D eigenvalue weighted by Crippen LogP contribution is -2.61. The number of carbonyl (C=O) groups excluding carboxylic acids is 1. The number of rotatable bonds is 5. The molecule has 2 heteroatoms. The Balaban J connectivity index is 1.48. The Labute approximate surface area is 180 Å². The van der Waals surface area contributed by atoms with E-state index in [1.165, 1.54) is 57.8 Å². The number of piperidine rings is 1. The van der Waals surface area contributed by atoms with Crippen molar-refractivity contribution < 1.29 is 4.79 Å². The molecule has 0 bridgehead atoms. The van der Waals surface area contributed by atoms with Crippen LogP contribution in [0.1, 0.15) is 105 Å². The third-order valence-corrected chi connectivity index (χ3v) is 10.8. The second-order valence-corrected chi connectivity index (χ2v) is 12.5. The van der Waals surface area contributed by atoms with E-state index in [0.29, 0.717) is 22.8 Å². The molecule has 0 aromatic carbocycles. The van der Waals surface area contributed by atoms with Gasteiger partial charge >= 0.3 is 0 Å². The molecule has 2 nitrogen and oxygen atoms in total. The van der Waals surface area contributed by atoms with Crippen molar-refractivity contribution in [1.29, 1.82) is 0 Å². The van der Waals surface area contributed by atoms with E-state index in [0.717, 1.165) is 48.3 Å². The van der Waals surface area contributed by atoms with E-state index < -0.39 is 0 Å². The molecule has 4 aliphatic rings. The fraction of sp³-hybridized carbons (Fsp3) is 0.963. The second kappa shape index (κ2) is 7.86. The number of nitrogens with zero attached hydrogens (tertiary/aromatic N) is 1. The van der Waals surface area contributed by atoms with Crippen LogP contribution >= 0.6 is 0 Å². The molecule has 1 amide bonds. The van der Waals surface area contributed by atoms with Gasteiger partial charge in [-0.15, -0.1) is 0 Å². The molecule has 0 aromatic rings. The summed E-state index contributed by atoms with van der Waals surface area (Å²) in [6.45, 7) is 12.6. The van der Waals surface area contributed by atoms with Crippen molar-refractivity contribution in [3.8, 4) is 0 Å². The summed E-state index contributed by atoms with van der Waals surface area (Å²) < 4.78 is 0. The number of likely N-dealkylation sites (tertiary alicyclic amines) is 1. The van der Waals surface area contributed by atoms with Crippen molar-refractivity contribution in [3.63, 3.8) is 0 Å². The first-order chi connectivity index (χ1) is 13.7. The van der Waals surface area contributed by atoms with Gasteiger partial charge in [-0.25, -0.2) is 0 Å². The Morgan fingerprint density at radius 1 is 0.931 bits per heavy atom. The molecule has 1 saturated heterocycles. The summed E-state index contributed by atoms with van der Waals surface area (Å²) in [6, 6.07) is 0.501. The van der Waals surface area contributed by atoms with Gasteiger partial charge in [-0.2, -0.15) is 0 Å². The topological polar surface area (TPSA) is 20.3 Å². The van der Waals surface area contributed by atoms with Gasteiger partial charge in [0.15, 0.2) is 0 Å². The van der Waals surface area contributed by atoms with Crippen LogP contribution in [0.25, 0.3) is 0 Å². The molecule has 4 fully saturated rings. The molecule has 0 radical (unpaired) electrons. The largest absolute Gasteiger partial charge is 0.342 e. The first-order valence-electron chi connectivity index (χ1n) is 12.9. The summed E-state index contributed by atoms with van der Waals surface area (Å²) in [5.41, 5.74) is 0.950. The molecular weight excluding hydrogens is 354 g/mol. The first kappa shape index (κ1) is 21.7. The highest BCUT2D eigenvalue weighted by Crippen LogP contribution is 2.67. The third-order valence-electron chi connectivity index (χ3n) is 10.8. The highest BCUT2D eigenvalue weighted by Gasteiger charge is 2.61. The standard InChI is InChI=1S/C27H47NO/c1-18(2)8-7-9-19(3)21-11-12-22-20-10-13-24-27(5,17-15-25(29)28(24)6)23(20)14-16-26(21,22)4/h18-24H,7-17H2,1-6H3/t19-,20+,21-,22+,23+,24?,26-,27-/m1/s1. The predicted octanol–water partition coefficient (Wildman–Crippen LogP) is 6.93. The van der Waals surface area contributed by atoms with Gasteiger partial charge in [0.05, 0.1) is 0 Å². The molecule has 1 heterocycles. The molecule has 1 unspecified atom stereocenters. The predicted molar refractivity (Wildman–Crippen MR) is 122 cm³/mol. The van der Waals surface area contributed by atoms with Crippen LogP contribution in [0.2, 0.25) is 0 Å². The van der Waals surface area contributed by atoms with Gasteiger partial charge in [0.1, 0.15) is 0 Å². The van der Waals surface area contributed by atoms with Crippen LogP contribution in [0.3, 0.4) is 0 Å². The Kier molecular flexibility index (Phi) is 5.88. The Morgan fingerprint density at radius 2 is 1.66 bits per heavy atom. The van der Waals surface area contributed by atoms with E-state index in [1.807, 2.05) is 0 Å². The highest BCUT2D eigenvalue weighted by atomic mass is 16.2. The van der Waals surface area contributed by atoms with Crippen LogP contribution in [0, 0.1) is 46.3 Å². The summed E-state index contributed by atoms with van der Waals surface area (Å²) in [4.78, 5) is 14.5. The molecule has 0 N–H and O–H groups in total. The lowest BCUT2D eigenvalue weighted by molar-refractivity contribution is -0.158. The Bertz CT molecular complexity index is 614. The number of hydrogen-bond donors (Lipinski definition) is 0. The zero-order valence-corrected chi connectivity index (χ0v) is 20.2. The maximum atomic E-state index is 12.4. The van der Waals surface area contributed by atoms with Crippen LogP contribution in [-0.4, -0.2) is 23.9 Å². The lowest BCUT2D eigenvalue weighted by Gasteiger charge is -2.62. The summed E-state index contributed by atoms with van der Waals surface area (Å²) in [5.74, 6) is 5.80. The summed E-state index contributed by atoms with van der Waals surface area (Å²) in [5, 5.41) is 0. The Morgan fingerprint density at radius 3 is 2.38 bits per heavy atom. The number of amides is 1. The zero-order chi connectivity index (χ0) is 21.0. The lowest BCUT2D eigenvalue weighted by atomic mass is 9.46. The van der Waals surface area contributed by atoms with Gasteiger partial charge in [0.2, 0.25) is 5.91 Å². The van der Waals surface area contributed by atoms with Crippen LogP contribution < -0.4 is 0 Å². The van der Waals surface area contributed by atoms with Gasteiger partial charge in [-0.05, 0) is 91.3 Å². The third kappa shape index (κ3) is 3.49. The van der Waals surface area contributed by atoms with Gasteiger partial charge in [-0.3, -0.25) is 4.79 Å². The molecule has 1 aliphatic heterocycles. The molecule has 166 valence electrons. The maximum Gasteiger partial charge on any atom is 0.222 e. The molecule has 0 spiro atoms. The van der Waals surface area contributed by atoms with E-state index in [2.05, 4.69) is 46.6 Å². The minimum Gasteiger partial charge on any atom is -0.342 e. The van der Waals surface area contributed by atoms with Crippen LogP contribution in [0.5, 0.6) is 0 Å². The van der Waals surface area contributed by atoms with E-state index in [1.54, 1.807) is 0 Å². The van der Waals surface area contributed by atoms with Crippen molar-refractivity contribution in [3.05, 3.63) is 0 Å². The smallest absolute Gasteiger partial charge is 0.222 e. The SMILES string of the molecule is CC(C)CCC[C@@H](C)[C@H]1CC[C@H]2[C@@H]3CCC4N(C)C(=O)CC[C@]4(C)[C@H]3CC[C@]12C. The van der Waals surface area contributed by atoms with E-state index in [-0.39, 0.29) is 0 Å². The number of fused-ring (bicyclic) bond motifs is 5.